The number of piperidine rings is 2. The van der Waals surface area contributed by atoms with Crippen LogP contribution < -0.4 is 9.47 Å². The molecule has 8 atom stereocenters. The molecule has 6 fully saturated rings. The Morgan fingerprint density at radius 2 is 1.06 bits per heavy atom. The summed E-state index contributed by atoms with van der Waals surface area (Å²) in [7, 11) is 4.51. The van der Waals surface area contributed by atoms with Gasteiger partial charge in [-0.05, 0) is 107 Å². The number of fused-ring (bicyclic) bond motifs is 2. The standard InChI is InChI=1S/C20H25NO4.C19H23NO4/c1-21-8-7-19-13-5-6-20(23-9-2-10-24-20)18(19)25-17-15(22)4-3-12(16(17)19)11-14(13)21;1-20-7-6-18-12-4-5-19(22-8-9-23-19)17(18)24-16-14(21)3-2-11(15(16)18)10-13(12)20/h3-4,13-14,18,22H,2,5-11H2,1H3;2-3,12-13,17,21H,4-10H2,1H3/t13?,14-,18-,19+;12?,13-,17-,18+/m11/s1. The van der Waals surface area contributed by atoms with Gasteiger partial charge in [0.2, 0.25) is 11.6 Å². The first kappa shape index (κ1) is 30.1. The van der Waals surface area contributed by atoms with E-state index in [4.69, 9.17) is 28.4 Å². The number of hydrogen-bond donors (Lipinski definition) is 2. The third-order valence-corrected chi connectivity index (χ3v) is 14.9. The van der Waals surface area contributed by atoms with Gasteiger partial charge in [-0.3, -0.25) is 0 Å². The number of benzene rings is 2. The van der Waals surface area contributed by atoms with Gasteiger partial charge in [-0.2, -0.15) is 0 Å². The zero-order valence-electron chi connectivity index (χ0n) is 28.6. The van der Waals surface area contributed by atoms with E-state index in [1.54, 1.807) is 12.1 Å². The molecule has 6 heterocycles. The summed E-state index contributed by atoms with van der Waals surface area (Å²) in [4.78, 5) is 5.05. The summed E-state index contributed by atoms with van der Waals surface area (Å²) in [5, 5.41) is 21.0. The van der Waals surface area contributed by atoms with Crippen LogP contribution in [0.1, 0.15) is 67.2 Å². The zero-order chi connectivity index (χ0) is 32.9. The van der Waals surface area contributed by atoms with Gasteiger partial charge in [0.25, 0.3) is 0 Å². The Morgan fingerprint density at radius 1 is 0.612 bits per heavy atom. The second-order valence-electron chi connectivity index (χ2n) is 16.6. The van der Waals surface area contributed by atoms with Crippen LogP contribution in [0.15, 0.2) is 24.3 Å². The third-order valence-electron chi connectivity index (χ3n) is 14.9. The van der Waals surface area contributed by atoms with Gasteiger partial charge in [-0.15, -0.1) is 0 Å². The van der Waals surface area contributed by atoms with Crippen molar-refractivity contribution in [3.8, 4) is 23.0 Å². The lowest BCUT2D eigenvalue weighted by Gasteiger charge is -2.61. The van der Waals surface area contributed by atoms with Crippen molar-refractivity contribution in [1.82, 2.24) is 9.80 Å². The van der Waals surface area contributed by atoms with Crippen LogP contribution in [0.25, 0.3) is 0 Å². The predicted octanol–water partition coefficient (Wildman–Crippen LogP) is 4.00. The van der Waals surface area contributed by atoms with Crippen LogP contribution in [0.2, 0.25) is 0 Å². The maximum absolute atomic E-state index is 10.5. The fraction of sp³-hybridized carbons (Fsp3) is 0.692. The van der Waals surface area contributed by atoms with E-state index in [1.807, 2.05) is 0 Å². The molecule has 4 aliphatic carbocycles. The Labute approximate surface area is 287 Å². The first-order valence-corrected chi connectivity index (χ1v) is 18.8. The van der Waals surface area contributed by atoms with Gasteiger partial charge >= 0.3 is 0 Å². The molecule has 12 rings (SSSR count). The van der Waals surface area contributed by atoms with E-state index < -0.39 is 11.6 Å². The average molecular weight is 673 g/mol. The van der Waals surface area contributed by atoms with Crippen LogP contribution in [0.5, 0.6) is 23.0 Å². The van der Waals surface area contributed by atoms with Crippen LogP contribution in [0.3, 0.4) is 0 Å². The van der Waals surface area contributed by atoms with Gasteiger partial charge in [0.15, 0.2) is 35.2 Å². The number of rotatable bonds is 0. The third kappa shape index (κ3) is 3.59. The quantitative estimate of drug-likeness (QED) is 0.427. The van der Waals surface area contributed by atoms with E-state index in [0.29, 0.717) is 48.6 Å². The topological polar surface area (TPSA) is 102 Å². The fourth-order valence-electron chi connectivity index (χ4n) is 13.1. The van der Waals surface area contributed by atoms with E-state index in [0.717, 1.165) is 84.1 Å². The molecule has 4 spiro atoms. The van der Waals surface area contributed by atoms with E-state index in [9.17, 15) is 10.2 Å². The Morgan fingerprint density at radius 3 is 1.53 bits per heavy atom. The Balaban J connectivity index is 0.000000118. The molecule has 0 aromatic heterocycles. The van der Waals surface area contributed by atoms with Crippen LogP contribution in [-0.4, -0.2) is 109 Å². The molecule has 2 aromatic carbocycles. The monoisotopic (exact) mass is 672 g/mol. The number of ether oxygens (including phenoxy) is 6. The van der Waals surface area contributed by atoms with Crippen molar-refractivity contribution in [2.75, 3.05) is 53.6 Å². The van der Waals surface area contributed by atoms with E-state index in [2.05, 4.69) is 36.0 Å². The summed E-state index contributed by atoms with van der Waals surface area (Å²) in [5.74, 6) is 1.76. The Hall–Kier alpha value is -2.60. The van der Waals surface area contributed by atoms with Crippen LogP contribution in [-0.2, 0) is 42.6 Å². The highest BCUT2D eigenvalue weighted by Gasteiger charge is 2.72. The zero-order valence-corrected chi connectivity index (χ0v) is 28.6. The largest absolute Gasteiger partial charge is 0.504 e. The molecule has 10 heteroatoms. The predicted molar refractivity (Wildman–Crippen MR) is 177 cm³/mol. The number of phenolic OH excluding ortho intramolecular Hbond substituents is 2. The number of likely N-dealkylation sites (tertiary alicyclic amines) is 2. The highest BCUT2D eigenvalue weighted by Crippen LogP contribution is 2.68. The van der Waals surface area contributed by atoms with Crippen LogP contribution >= 0.6 is 0 Å². The molecule has 4 bridgehead atoms. The van der Waals surface area contributed by atoms with E-state index >= 15 is 0 Å². The summed E-state index contributed by atoms with van der Waals surface area (Å²) in [6.45, 7) is 4.87. The molecule has 10 nitrogen and oxygen atoms in total. The van der Waals surface area contributed by atoms with Crippen molar-refractivity contribution in [3.05, 3.63) is 46.5 Å². The van der Waals surface area contributed by atoms with Crippen molar-refractivity contribution in [1.29, 1.82) is 0 Å². The average Bonchev–Trinajstić information content (AvgIpc) is 3.83. The minimum absolute atomic E-state index is 0.0680. The molecular formula is C39H48N2O8. The summed E-state index contributed by atoms with van der Waals surface area (Å²) in [6, 6.07) is 8.89. The number of phenols is 2. The van der Waals surface area contributed by atoms with Crippen LogP contribution in [0.4, 0.5) is 0 Å². The van der Waals surface area contributed by atoms with Gasteiger partial charge in [0, 0.05) is 46.9 Å². The molecule has 0 radical (unpaired) electrons. The lowest BCUT2D eigenvalue weighted by atomic mass is 9.50. The van der Waals surface area contributed by atoms with Gasteiger partial charge in [-0.1, -0.05) is 12.1 Å². The second kappa shape index (κ2) is 10.0. The highest BCUT2D eigenvalue weighted by atomic mass is 16.8. The molecule has 2 aromatic rings. The summed E-state index contributed by atoms with van der Waals surface area (Å²) < 4.78 is 37.8. The smallest absolute Gasteiger partial charge is 0.206 e. The van der Waals surface area contributed by atoms with E-state index in [-0.39, 0.29) is 34.5 Å². The van der Waals surface area contributed by atoms with Crippen molar-refractivity contribution < 1.29 is 38.6 Å². The fourth-order valence-corrected chi connectivity index (χ4v) is 13.1. The van der Waals surface area contributed by atoms with Crippen LogP contribution in [0, 0.1) is 11.8 Å². The first-order chi connectivity index (χ1) is 23.8. The summed E-state index contributed by atoms with van der Waals surface area (Å²) in [5.41, 5.74) is 5.07. The number of hydrogen-bond acceptors (Lipinski definition) is 10. The number of nitrogens with zero attached hydrogens (tertiary/aromatic N) is 2. The van der Waals surface area contributed by atoms with Crippen molar-refractivity contribution in [2.24, 2.45) is 11.8 Å². The Bertz CT molecular complexity index is 1720. The lowest BCUT2D eigenvalue weighted by molar-refractivity contribution is -0.332. The normalized spacial score (nSPS) is 40.9. The molecule has 262 valence electrons. The van der Waals surface area contributed by atoms with Crippen molar-refractivity contribution >= 4 is 0 Å². The molecule has 49 heavy (non-hydrogen) atoms. The molecule has 4 saturated heterocycles. The Kier molecular flexibility index (Phi) is 6.16. The molecule has 10 aliphatic rings. The summed E-state index contributed by atoms with van der Waals surface area (Å²) in [6.07, 6.45) is 8.85. The second-order valence-corrected chi connectivity index (χ2v) is 16.6. The minimum atomic E-state index is -0.644. The molecule has 2 unspecified atom stereocenters. The van der Waals surface area contributed by atoms with E-state index in [1.165, 1.54) is 22.3 Å². The number of likely N-dealkylation sites (N-methyl/N-ethyl adjacent to an activating group) is 2. The molecular weight excluding hydrogens is 624 g/mol. The maximum atomic E-state index is 10.5. The molecule has 6 aliphatic heterocycles. The van der Waals surface area contributed by atoms with Crippen molar-refractivity contribution in [3.63, 3.8) is 0 Å². The maximum Gasteiger partial charge on any atom is 0.206 e. The molecule has 0 amide bonds. The molecule has 2 saturated carbocycles. The van der Waals surface area contributed by atoms with Gasteiger partial charge < -0.3 is 48.4 Å². The number of aromatic hydroxyl groups is 2. The minimum Gasteiger partial charge on any atom is -0.504 e. The van der Waals surface area contributed by atoms with Gasteiger partial charge in [0.1, 0.15) is 0 Å². The van der Waals surface area contributed by atoms with Gasteiger partial charge in [-0.25, -0.2) is 0 Å². The SMILES string of the molecule is CN1CC[C@]23c4c5ccc(O)c4O[C@H]2C2(CCC3[C@H]1C5)OCCCO2.CN1CC[C@]23c4c5ccc(O)c4O[C@H]2C2(CCC3[C@H]1C5)OCCO2. The summed E-state index contributed by atoms with van der Waals surface area (Å²) >= 11 is 0. The highest BCUT2D eigenvalue weighted by molar-refractivity contribution is 5.62. The lowest BCUT2D eigenvalue weighted by Crippen LogP contribution is -2.71. The molecule has 2 N–H and O–H groups in total. The van der Waals surface area contributed by atoms with Gasteiger partial charge in [0.05, 0.1) is 26.4 Å². The first-order valence-electron chi connectivity index (χ1n) is 18.8. The van der Waals surface area contributed by atoms with Crippen molar-refractivity contribution in [2.45, 2.75) is 104 Å².